The van der Waals surface area contributed by atoms with E-state index in [-0.39, 0.29) is 11.5 Å². The highest BCUT2D eigenvalue weighted by atomic mass is 35.5. The average Bonchev–Trinajstić information content (AvgIpc) is 3.27. The molecule has 1 aliphatic heterocycles. The first kappa shape index (κ1) is 24.8. The number of pyridine rings is 2. The third-order valence-corrected chi connectivity index (χ3v) is 6.61. The number of nitriles is 1. The van der Waals surface area contributed by atoms with Gasteiger partial charge in [0.1, 0.15) is 22.6 Å². The predicted molar refractivity (Wildman–Crippen MR) is 146 cm³/mol. The van der Waals surface area contributed by atoms with Crippen molar-refractivity contribution in [1.82, 2.24) is 24.3 Å². The quantitative estimate of drug-likeness (QED) is 0.348. The molecule has 5 rings (SSSR count). The maximum Gasteiger partial charge on any atom is 0.229 e. The van der Waals surface area contributed by atoms with Gasteiger partial charge in [0.15, 0.2) is 5.82 Å². The molecule has 4 aromatic heterocycles. The van der Waals surface area contributed by atoms with Crippen LogP contribution in [0.3, 0.4) is 0 Å². The summed E-state index contributed by atoms with van der Waals surface area (Å²) in [5.74, 6) is 1.98. The van der Waals surface area contributed by atoms with E-state index in [1.807, 2.05) is 30.6 Å². The van der Waals surface area contributed by atoms with Crippen molar-refractivity contribution in [3.63, 3.8) is 0 Å². The van der Waals surface area contributed by atoms with Crippen LogP contribution in [0.15, 0.2) is 49.1 Å². The Bertz CT molecular complexity index is 1430. The largest absolute Gasteiger partial charge is 0.366 e. The number of nitrogens with one attached hydrogen (secondary N) is 2. The lowest BCUT2D eigenvalue weighted by Gasteiger charge is -2.33. The number of piperidine rings is 1. The normalized spacial score (nSPS) is 14.5. The molecule has 0 saturated carbocycles. The molecule has 4 aromatic rings. The molecule has 0 bridgehead atoms. The summed E-state index contributed by atoms with van der Waals surface area (Å²) < 4.78 is 2.12. The van der Waals surface area contributed by atoms with E-state index in [4.69, 9.17) is 16.9 Å². The molecule has 37 heavy (non-hydrogen) atoms. The highest BCUT2D eigenvalue weighted by molar-refractivity contribution is 6.32. The molecule has 0 unspecified atom stereocenters. The highest BCUT2D eigenvalue weighted by Crippen LogP contribution is 2.27. The van der Waals surface area contributed by atoms with Gasteiger partial charge in [0.05, 0.1) is 11.8 Å². The van der Waals surface area contributed by atoms with E-state index in [1.165, 1.54) is 5.69 Å². The zero-order valence-corrected chi connectivity index (χ0v) is 22.0. The molecule has 9 nitrogen and oxygen atoms in total. The molecule has 2 N–H and O–H groups in total. The van der Waals surface area contributed by atoms with Crippen molar-refractivity contribution in [1.29, 1.82) is 5.26 Å². The van der Waals surface area contributed by atoms with Gasteiger partial charge in [0.2, 0.25) is 5.95 Å². The van der Waals surface area contributed by atoms with Gasteiger partial charge in [0, 0.05) is 55.2 Å². The molecule has 10 heteroatoms. The number of nitrogens with zero attached hydrogens (tertiary/aromatic N) is 7. The average molecular weight is 516 g/mol. The molecular formula is C27H30ClN9. The molecule has 0 amide bonds. The van der Waals surface area contributed by atoms with E-state index < -0.39 is 0 Å². The smallest absolute Gasteiger partial charge is 0.229 e. The van der Waals surface area contributed by atoms with Gasteiger partial charge < -0.3 is 19.9 Å². The zero-order chi connectivity index (χ0) is 26.0. The molecule has 1 aliphatic rings. The van der Waals surface area contributed by atoms with Crippen molar-refractivity contribution < 1.29 is 0 Å². The Balaban J connectivity index is 1.23. The van der Waals surface area contributed by atoms with Gasteiger partial charge in [-0.3, -0.25) is 0 Å². The summed E-state index contributed by atoms with van der Waals surface area (Å²) in [5, 5.41) is 16.2. The molecule has 0 radical (unpaired) electrons. The van der Waals surface area contributed by atoms with Crippen molar-refractivity contribution in [2.24, 2.45) is 5.41 Å². The number of rotatable bonds is 6. The highest BCUT2D eigenvalue weighted by Gasteiger charge is 2.21. The molecule has 0 atom stereocenters. The fraction of sp³-hybridized carbons (Fsp3) is 0.370. The Morgan fingerprint density at radius 1 is 1.08 bits per heavy atom. The third kappa shape index (κ3) is 5.92. The van der Waals surface area contributed by atoms with Crippen LogP contribution < -0.4 is 15.5 Å². The first-order chi connectivity index (χ1) is 17.8. The number of aromatic nitrogens is 5. The summed E-state index contributed by atoms with van der Waals surface area (Å²) in [5.41, 5.74) is 3.67. The Morgan fingerprint density at radius 3 is 2.59 bits per heavy atom. The first-order valence-corrected chi connectivity index (χ1v) is 12.8. The zero-order valence-electron chi connectivity index (χ0n) is 21.2. The van der Waals surface area contributed by atoms with E-state index in [2.05, 4.69) is 66.7 Å². The number of halogens is 1. The molecule has 5 heterocycles. The van der Waals surface area contributed by atoms with Gasteiger partial charge >= 0.3 is 0 Å². The molecule has 0 aliphatic carbocycles. The maximum atomic E-state index is 8.97. The Kier molecular flexibility index (Phi) is 6.85. The van der Waals surface area contributed by atoms with Crippen LogP contribution in [0, 0.1) is 16.7 Å². The van der Waals surface area contributed by atoms with Gasteiger partial charge in [-0.05, 0) is 42.9 Å². The lowest BCUT2D eigenvalue weighted by Crippen LogP contribution is -2.39. The minimum Gasteiger partial charge on any atom is -0.366 e. The van der Waals surface area contributed by atoms with Gasteiger partial charge in [-0.2, -0.15) is 10.2 Å². The van der Waals surface area contributed by atoms with E-state index in [1.54, 1.807) is 18.5 Å². The second-order valence-corrected chi connectivity index (χ2v) is 11.0. The second-order valence-electron chi connectivity index (χ2n) is 10.6. The van der Waals surface area contributed by atoms with Crippen molar-refractivity contribution >= 4 is 40.5 Å². The van der Waals surface area contributed by atoms with E-state index >= 15 is 0 Å². The van der Waals surface area contributed by atoms with Crippen molar-refractivity contribution in [3.8, 4) is 6.07 Å². The lowest BCUT2D eigenvalue weighted by atomic mass is 9.91. The summed E-state index contributed by atoms with van der Waals surface area (Å²) in [6, 6.07) is 10.0. The summed E-state index contributed by atoms with van der Waals surface area (Å²) in [6.45, 7) is 8.38. The van der Waals surface area contributed by atoms with Crippen molar-refractivity contribution in [3.05, 3.63) is 65.3 Å². The van der Waals surface area contributed by atoms with E-state index in [0.717, 1.165) is 49.5 Å². The Morgan fingerprint density at radius 2 is 1.89 bits per heavy atom. The standard InChI is InChI=1S/C27H30ClN9/c1-27(2,3)13-21-16-31-24-12-20(8-11-37(21)24)34-26-32-17-22(28)25(35-26)33-19-6-9-36(10-7-19)23-5-4-18(14-29)15-30-23/h4-5,8,11-12,15-17,19H,6-7,9-10,13H2,1-3H3,(H2,32,33,34,35). The molecule has 1 saturated heterocycles. The predicted octanol–water partition coefficient (Wildman–Crippen LogP) is 5.46. The van der Waals surface area contributed by atoms with Crippen LogP contribution >= 0.6 is 11.6 Å². The molecule has 190 valence electrons. The fourth-order valence-electron chi connectivity index (χ4n) is 4.53. The van der Waals surface area contributed by atoms with Crippen molar-refractivity contribution in [2.45, 2.75) is 46.1 Å². The van der Waals surface area contributed by atoms with Gasteiger partial charge in [0.25, 0.3) is 0 Å². The van der Waals surface area contributed by atoms with Gasteiger partial charge in [-0.25, -0.2) is 15.0 Å². The maximum absolute atomic E-state index is 8.97. The first-order valence-electron chi connectivity index (χ1n) is 12.4. The number of imidazole rings is 1. The Hall–Kier alpha value is -3.90. The topological polar surface area (TPSA) is 107 Å². The molecule has 0 spiro atoms. The molecule has 0 aromatic carbocycles. The van der Waals surface area contributed by atoms with E-state index in [0.29, 0.717) is 22.4 Å². The van der Waals surface area contributed by atoms with Crippen LogP contribution in [-0.4, -0.2) is 43.5 Å². The van der Waals surface area contributed by atoms with Crippen molar-refractivity contribution in [2.75, 3.05) is 28.6 Å². The SMILES string of the molecule is CC(C)(C)Cc1cnc2cc(Nc3ncc(Cl)c(NC4CCN(c5ccc(C#N)cn5)CC4)n3)ccn12. The molecule has 1 fully saturated rings. The monoisotopic (exact) mass is 515 g/mol. The summed E-state index contributed by atoms with van der Waals surface area (Å²) in [6.07, 6.45) is 9.97. The second kappa shape index (κ2) is 10.2. The van der Waals surface area contributed by atoms with Crippen LogP contribution in [0.1, 0.15) is 44.9 Å². The number of hydrogen-bond acceptors (Lipinski definition) is 8. The van der Waals surface area contributed by atoms with Crippen LogP contribution in [0.2, 0.25) is 5.02 Å². The van der Waals surface area contributed by atoms with Crippen LogP contribution in [0.25, 0.3) is 5.65 Å². The number of fused-ring (bicyclic) bond motifs is 1. The van der Waals surface area contributed by atoms with Gasteiger partial charge in [-0.1, -0.05) is 32.4 Å². The Labute approximate surface area is 221 Å². The number of anilines is 4. The summed E-state index contributed by atoms with van der Waals surface area (Å²) in [4.78, 5) is 20.2. The van der Waals surface area contributed by atoms with E-state index in [9.17, 15) is 0 Å². The third-order valence-electron chi connectivity index (χ3n) is 6.34. The minimum atomic E-state index is 0.185. The van der Waals surface area contributed by atoms with Gasteiger partial charge in [-0.15, -0.1) is 0 Å². The minimum absolute atomic E-state index is 0.185. The van der Waals surface area contributed by atoms with Crippen LogP contribution in [0.4, 0.5) is 23.3 Å². The summed E-state index contributed by atoms with van der Waals surface area (Å²) >= 11 is 6.43. The van der Waals surface area contributed by atoms with Crippen LogP contribution in [0.5, 0.6) is 0 Å². The summed E-state index contributed by atoms with van der Waals surface area (Å²) in [7, 11) is 0. The van der Waals surface area contributed by atoms with Crippen LogP contribution in [-0.2, 0) is 6.42 Å². The molecular weight excluding hydrogens is 486 g/mol. The fourth-order valence-corrected chi connectivity index (χ4v) is 4.67. The number of hydrogen-bond donors (Lipinski definition) is 2. The lowest BCUT2D eigenvalue weighted by molar-refractivity contribution is 0.405.